The lowest BCUT2D eigenvalue weighted by Crippen LogP contribution is -2.25. The molecule has 2 amide bonds. The van der Waals surface area contributed by atoms with Gasteiger partial charge in [-0.3, -0.25) is 0 Å². The van der Waals surface area contributed by atoms with E-state index in [4.69, 9.17) is 5.73 Å². The third-order valence-electron chi connectivity index (χ3n) is 2.32. The average Bonchev–Trinajstić information content (AvgIpc) is 2.16. The highest BCUT2D eigenvalue weighted by Gasteiger charge is 2.10. The molecule has 0 unspecified atom stereocenters. The standard InChI is InChI=1S/C10H17N3O/c1-8(12-13-10(11)14)7-9-5-3-2-4-6-9/h2-3,9H,4-7H2,1H3,(H3,11,13,14)/b12-8-/t9-/m1/s1. The van der Waals surface area contributed by atoms with Gasteiger partial charge in [-0.2, -0.15) is 5.10 Å². The molecular weight excluding hydrogens is 178 g/mol. The van der Waals surface area contributed by atoms with Crippen molar-refractivity contribution in [3.05, 3.63) is 12.2 Å². The first kappa shape index (κ1) is 10.8. The zero-order valence-corrected chi connectivity index (χ0v) is 8.49. The topological polar surface area (TPSA) is 67.5 Å². The first-order valence-electron chi connectivity index (χ1n) is 4.92. The normalized spacial score (nSPS) is 22.1. The number of carbonyl (C=O) groups is 1. The third-order valence-corrected chi connectivity index (χ3v) is 2.32. The third kappa shape index (κ3) is 4.07. The fraction of sp³-hybridized carbons (Fsp3) is 0.600. The second kappa shape index (κ2) is 5.42. The van der Waals surface area contributed by atoms with Gasteiger partial charge in [0.15, 0.2) is 0 Å². The van der Waals surface area contributed by atoms with Crippen LogP contribution >= 0.6 is 0 Å². The van der Waals surface area contributed by atoms with Gasteiger partial charge in [0.2, 0.25) is 0 Å². The van der Waals surface area contributed by atoms with Gasteiger partial charge in [-0.15, -0.1) is 0 Å². The summed E-state index contributed by atoms with van der Waals surface area (Å²) in [5, 5.41) is 3.89. The van der Waals surface area contributed by atoms with Crippen LogP contribution in [0.2, 0.25) is 0 Å². The Morgan fingerprint density at radius 3 is 3.00 bits per heavy atom. The molecule has 78 valence electrons. The molecule has 0 aliphatic heterocycles. The van der Waals surface area contributed by atoms with E-state index in [1.54, 1.807) is 0 Å². The summed E-state index contributed by atoms with van der Waals surface area (Å²) in [4.78, 5) is 10.4. The SMILES string of the molecule is C/C(C[C@@H]1CC=CCC1)=N/NC(N)=O. The van der Waals surface area contributed by atoms with Crippen LogP contribution in [-0.4, -0.2) is 11.7 Å². The van der Waals surface area contributed by atoms with Crippen molar-refractivity contribution in [3.8, 4) is 0 Å². The molecule has 4 heteroatoms. The van der Waals surface area contributed by atoms with Crippen molar-refractivity contribution in [2.45, 2.75) is 32.6 Å². The fourth-order valence-corrected chi connectivity index (χ4v) is 1.66. The summed E-state index contributed by atoms with van der Waals surface area (Å²) in [6.07, 6.45) is 8.84. The monoisotopic (exact) mass is 195 g/mol. The van der Waals surface area contributed by atoms with Crippen LogP contribution in [0.3, 0.4) is 0 Å². The molecule has 0 heterocycles. The molecule has 0 aromatic heterocycles. The van der Waals surface area contributed by atoms with E-state index in [9.17, 15) is 4.79 Å². The second-order valence-electron chi connectivity index (χ2n) is 3.68. The highest BCUT2D eigenvalue weighted by Crippen LogP contribution is 2.21. The number of nitrogens with zero attached hydrogens (tertiary/aromatic N) is 1. The number of nitrogens with one attached hydrogen (secondary N) is 1. The summed E-state index contributed by atoms with van der Waals surface area (Å²) in [5.74, 6) is 0.665. The largest absolute Gasteiger partial charge is 0.350 e. The van der Waals surface area contributed by atoms with Crippen LogP contribution < -0.4 is 11.2 Å². The van der Waals surface area contributed by atoms with Crippen LogP contribution in [0, 0.1) is 5.92 Å². The molecule has 1 rings (SSSR count). The Hall–Kier alpha value is -1.32. The van der Waals surface area contributed by atoms with E-state index in [-0.39, 0.29) is 0 Å². The first-order chi connectivity index (χ1) is 6.68. The van der Waals surface area contributed by atoms with Crippen molar-refractivity contribution >= 4 is 11.7 Å². The quantitative estimate of drug-likeness (QED) is 0.402. The number of hydrogen-bond donors (Lipinski definition) is 2. The maximum absolute atomic E-state index is 10.4. The zero-order chi connectivity index (χ0) is 10.4. The molecule has 0 fully saturated rings. The highest BCUT2D eigenvalue weighted by molar-refractivity contribution is 5.83. The summed E-state index contributed by atoms with van der Waals surface area (Å²) < 4.78 is 0. The number of hydrazone groups is 1. The van der Waals surface area contributed by atoms with Gasteiger partial charge < -0.3 is 5.73 Å². The number of primary amides is 1. The predicted molar refractivity (Wildman–Crippen MR) is 56.9 cm³/mol. The number of rotatable bonds is 3. The Bertz CT molecular complexity index is 258. The molecule has 4 nitrogen and oxygen atoms in total. The van der Waals surface area contributed by atoms with Gasteiger partial charge in [0.1, 0.15) is 0 Å². The van der Waals surface area contributed by atoms with Crippen LogP contribution in [0.4, 0.5) is 4.79 Å². The molecular formula is C10H17N3O. The molecule has 1 aliphatic rings. The summed E-state index contributed by atoms with van der Waals surface area (Å²) in [5.41, 5.74) is 8.08. The number of amides is 2. The summed E-state index contributed by atoms with van der Waals surface area (Å²) >= 11 is 0. The molecule has 0 spiro atoms. The molecule has 0 bridgehead atoms. The minimum Gasteiger partial charge on any atom is -0.350 e. The Kier molecular flexibility index (Phi) is 4.16. The van der Waals surface area contributed by atoms with Gasteiger partial charge in [0.05, 0.1) is 0 Å². The summed E-state index contributed by atoms with van der Waals surface area (Å²) in [6.45, 7) is 1.91. The Labute approximate surface area is 84.2 Å². The lowest BCUT2D eigenvalue weighted by molar-refractivity contribution is 0.249. The van der Waals surface area contributed by atoms with E-state index in [2.05, 4.69) is 22.7 Å². The fourth-order valence-electron chi connectivity index (χ4n) is 1.66. The maximum atomic E-state index is 10.4. The lowest BCUT2D eigenvalue weighted by Gasteiger charge is -2.16. The molecule has 3 N–H and O–H groups in total. The van der Waals surface area contributed by atoms with Crippen molar-refractivity contribution in [1.29, 1.82) is 0 Å². The van der Waals surface area contributed by atoms with Crippen molar-refractivity contribution in [2.75, 3.05) is 0 Å². The first-order valence-corrected chi connectivity index (χ1v) is 4.92. The van der Waals surface area contributed by atoms with Gasteiger partial charge >= 0.3 is 6.03 Å². The maximum Gasteiger partial charge on any atom is 0.332 e. The van der Waals surface area contributed by atoms with Gasteiger partial charge in [0.25, 0.3) is 0 Å². The molecule has 0 saturated heterocycles. The lowest BCUT2D eigenvalue weighted by atomic mass is 9.90. The predicted octanol–water partition coefficient (Wildman–Crippen LogP) is 1.78. The van der Waals surface area contributed by atoms with Crippen LogP contribution in [0.25, 0.3) is 0 Å². The smallest absolute Gasteiger partial charge is 0.332 e. The average molecular weight is 195 g/mol. The number of allylic oxidation sites excluding steroid dienone is 2. The van der Waals surface area contributed by atoms with Gasteiger partial charge in [0, 0.05) is 5.71 Å². The molecule has 14 heavy (non-hydrogen) atoms. The Balaban J connectivity index is 2.31. The van der Waals surface area contributed by atoms with Crippen molar-refractivity contribution in [1.82, 2.24) is 5.43 Å². The van der Waals surface area contributed by atoms with Gasteiger partial charge in [-0.05, 0) is 38.5 Å². The highest BCUT2D eigenvalue weighted by atomic mass is 16.2. The summed E-state index contributed by atoms with van der Waals surface area (Å²) in [7, 11) is 0. The van der Waals surface area contributed by atoms with E-state index in [1.807, 2.05) is 6.92 Å². The Morgan fingerprint density at radius 1 is 1.64 bits per heavy atom. The van der Waals surface area contributed by atoms with Gasteiger partial charge in [-0.25, -0.2) is 10.2 Å². The minimum atomic E-state index is -0.604. The van der Waals surface area contributed by atoms with Gasteiger partial charge in [-0.1, -0.05) is 12.2 Å². The van der Waals surface area contributed by atoms with Crippen LogP contribution in [0.5, 0.6) is 0 Å². The Morgan fingerprint density at radius 2 is 2.43 bits per heavy atom. The number of hydrogen-bond acceptors (Lipinski definition) is 2. The zero-order valence-electron chi connectivity index (χ0n) is 8.49. The molecule has 1 aliphatic carbocycles. The number of carbonyl (C=O) groups excluding carboxylic acids is 1. The van der Waals surface area contributed by atoms with E-state index < -0.39 is 6.03 Å². The van der Waals surface area contributed by atoms with Crippen LogP contribution in [0.1, 0.15) is 32.6 Å². The van der Waals surface area contributed by atoms with E-state index in [1.165, 1.54) is 6.42 Å². The molecule has 0 saturated carbocycles. The van der Waals surface area contributed by atoms with Crippen LogP contribution in [0.15, 0.2) is 17.3 Å². The van der Waals surface area contributed by atoms with Crippen molar-refractivity contribution in [3.63, 3.8) is 0 Å². The van der Waals surface area contributed by atoms with Crippen molar-refractivity contribution < 1.29 is 4.79 Å². The van der Waals surface area contributed by atoms with E-state index in [0.717, 1.165) is 25.0 Å². The number of nitrogens with two attached hydrogens (primary N) is 1. The minimum absolute atomic E-state index is 0.604. The number of urea groups is 1. The summed E-state index contributed by atoms with van der Waals surface area (Å²) in [6, 6.07) is -0.604. The van der Waals surface area contributed by atoms with Crippen LogP contribution in [-0.2, 0) is 0 Å². The molecule has 1 atom stereocenters. The second-order valence-corrected chi connectivity index (χ2v) is 3.68. The molecule has 0 aromatic carbocycles. The molecule has 0 aromatic rings. The van der Waals surface area contributed by atoms with E-state index in [0.29, 0.717) is 5.92 Å². The molecule has 0 radical (unpaired) electrons. The van der Waals surface area contributed by atoms with E-state index >= 15 is 0 Å². The van der Waals surface area contributed by atoms with Crippen molar-refractivity contribution in [2.24, 2.45) is 16.8 Å².